The van der Waals surface area contributed by atoms with E-state index in [9.17, 15) is 18.0 Å². The van der Waals surface area contributed by atoms with Crippen molar-refractivity contribution in [2.75, 3.05) is 17.9 Å². The number of carbonyl (C=O) groups is 1. The largest absolute Gasteiger partial charge is 0.368 e. The summed E-state index contributed by atoms with van der Waals surface area (Å²) in [6, 6.07) is 18.8. The van der Waals surface area contributed by atoms with Crippen LogP contribution in [0.2, 0.25) is 0 Å². The molecule has 2 aromatic carbocycles. The standard InChI is InChI=1S/C25H30N6O5S.ClH/c1-18-7-6-10-21(15-18)37(34,35)30-22-12-11-19(2)31(24(22)33)17-23(32)27-13-14-36-29-25(26)28-16-20-8-4-3-5-9-20;/h3-12,15,30H,13-14,16-17H2,1-2H3,(H,27,32)(H3,26,28,29);1H. The average molecular weight is 563 g/mol. The van der Waals surface area contributed by atoms with Gasteiger partial charge in [0.25, 0.3) is 15.6 Å². The van der Waals surface area contributed by atoms with Gasteiger partial charge in [-0.15, -0.1) is 12.4 Å². The summed E-state index contributed by atoms with van der Waals surface area (Å²) in [5, 5.41) is 2.63. The fraction of sp³-hybridized carbons (Fsp3) is 0.240. The fourth-order valence-electron chi connectivity index (χ4n) is 3.29. The number of hydrogen-bond acceptors (Lipinski definition) is 6. The Labute approximate surface area is 227 Å². The molecule has 1 heterocycles. The zero-order valence-corrected chi connectivity index (χ0v) is 22.6. The molecule has 0 saturated carbocycles. The number of nitrogens with one attached hydrogen (secondary N) is 3. The van der Waals surface area contributed by atoms with Crippen molar-refractivity contribution < 1.29 is 18.0 Å². The molecule has 13 heteroatoms. The number of aliphatic imine (C=N–C) groups is 1. The molecule has 0 radical (unpaired) electrons. The lowest BCUT2D eigenvalue weighted by molar-refractivity contribution is -0.122. The Balaban J connectivity index is 0.00000507. The number of aromatic nitrogens is 1. The van der Waals surface area contributed by atoms with E-state index >= 15 is 0 Å². The Morgan fingerprint density at radius 2 is 1.79 bits per heavy atom. The Morgan fingerprint density at radius 3 is 2.50 bits per heavy atom. The molecule has 0 bridgehead atoms. The van der Waals surface area contributed by atoms with Crippen LogP contribution < -0.4 is 26.8 Å². The van der Waals surface area contributed by atoms with Crippen molar-refractivity contribution in [1.29, 1.82) is 0 Å². The molecule has 3 aromatic rings. The van der Waals surface area contributed by atoms with Crippen LogP contribution in [-0.4, -0.2) is 38.0 Å². The zero-order valence-electron chi connectivity index (χ0n) is 21.0. The van der Waals surface area contributed by atoms with Crippen molar-refractivity contribution in [2.45, 2.75) is 31.8 Å². The van der Waals surface area contributed by atoms with Crippen molar-refractivity contribution in [2.24, 2.45) is 10.7 Å². The van der Waals surface area contributed by atoms with Gasteiger partial charge < -0.3 is 15.6 Å². The van der Waals surface area contributed by atoms with Crippen LogP contribution in [0.3, 0.4) is 0 Å². The summed E-state index contributed by atoms with van der Waals surface area (Å²) in [4.78, 5) is 34.7. The van der Waals surface area contributed by atoms with Gasteiger partial charge >= 0.3 is 0 Å². The number of halogens is 1. The lowest BCUT2D eigenvalue weighted by atomic mass is 10.2. The molecule has 11 nitrogen and oxygen atoms in total. The lowest BCUT2D eigenvalue weighted by Crippen LogP contribution is -2.38. The number of nitrogens with two attached hydrogens (primary N) is 1. The topological polar surface area (TPSA) is 157 Å². The van der Waals surface area contributed by atoms with Gasteiger partial charge in [-0.05, 0) is 49.2 Å². The van der Waals surface area contributed by atoms with Crippen LogP contribution in [0.15, 0.2) is 81.4 Å². The predicted molar refractivity (Wildman–Crippen MR) is 149 cm³/mol. The third-order valence-electron chi connectivity index (χ3n) is 5.22. The van der Waals surface area contributed by atoms with Crippen molar-refractivity contribution in [1.82, 2.24) is 15.4 Å². The minimum Gasteiger partial charge on any atom is -0.368 e. The van der Waals surface area contributed by atoms with Crippen LogP contribution in [0.4, 0.5) is 5.69 Å². The van der Waals surface area contributed by atoms with Gasteiger partial charge in [0.15, 0.2) is 0 Å². The van der Waals surface area contributed by atoms with Crippen molar-refractivity contribution >= 4 is 40.0 Å². The normalized spacial score (nSPS) is 11.4. The molecule has 0 saturated heterocycles. The van der Waals surface area contributed by atoms with E-state index in [1.54, 1.807) is 32.0 Å². The number of hydrogen-bond donors (Lipinski definition) is 4. The van der Waals surface area contributed by atoms with Crippen LogP contribution in [-0.2, 0) is 32.7 Å². The number of benzene rings is 2. The first kappa shape index (κ1) is 30.4. The van der Waals surface area contributed by atoms with Crippen molar-refractivity contribution in [3.05, 3.63) is 93.9 Å². The second-order valence-corrected chi connectivity index (χ2v) is 9.87. The quantitative estimate of drug-likeness (QED) is 0.120. The highest BCUT2D eigenvalue weighted by Crippen LogP contribution is 2.15. The third-order valence-corrected chi connectivity index (χ3v) is 6.58. The Bertz CT molecular complexity index is 1430. The van der Waals surface area contributed by atoms with E-state index in [0.29, 0.717) is 12.2 Å². The number of rotatable bonds is 11. The maximum Gasteiger partial charge on any atom is 0.275 e. The van der Waals surface area contributed by atoms with E-state index in [-0.39, 0.29) is 48.6 Å². The third kappa shape index (κ3) is 8.91. The number of guanidine groups is 1. The molecule has 1 amide bonds. The summed E-state index contributed by atoms with van der Waals surface area (Å²) in [6.45, 7) is 3.76. The molecule has 0 unspecified atom stereocenters. The molecular weight excluding hydrogens is 532 g/mol. The van der Waals surface area contributed by atoms with Gasteiger partial charge in [-0.1, -0.05) is 42.5 Å². The highest BCUT2D eigenvalue weighted by Gasteiger charge is 2.18. The van der Waals surface area contributed by atoms with Crippen LogP contribution in [0.1, 0.15) is 16.8 Å². The number of carbonyl (C=O) groups excluding carboxylic acids is 1. The Kier molecular flexibility index (Phi) is 11.3. The minimum atomic E-state index is -3.97. The van der Waals surface area contributed by atoms with Gasteiger partial charge in [-0.2, -0.15) is 0 Å². The summed E-state index contributed by atoms with van der Waals surface area (Å²) in [5.74, 6) is -0.347. The van der Waals surface area contributed by atoms with Gasteiger partial charge in [0, 0.05) is 12.2 Å². The summed E-state index contributed by atoms with van der Waals surface area (Å²) < 4.78 is 28.9. The molecule has 0 spiro atoms. The molecule has 0 aliphatic carbocycles. The van der Waals surface area contributed by atoms with Crippen molar-refractivity contribution in [3.63, 3.8) is 0 Å². The number of amides is 1. The fourth-order valence-corrected chi connectivity index (χ4v) is 4.45. The van der Waals surface area contributed by atoms with E-state index in [1.807, 2.05) is 30.3 Å². The molecule has 204 valence electrons. The molecule has 38 heavy (non-hydrogen) atoms. The van der Waals surface area contributed by atoms with Crippen LogP contribution in [0, 0.1) is 13.8 Å². The first-order valence-corrected chi connectivity index (χ1v) is 12.9. The van der Waals surface area contributed by atoms with Crippen molar-refractivity contribution in [3.8, 4) is 0 Å². The van der Waals surface area contributed by atoms with E-state index in [0.717, 1.165) is 11.1 Å². The number of hydroxylamine groups is 1. The second-order valence-electron chi connectivity index (χ2n) is 8.19. The lowest BCUT2D eigenvalue weighted by Gasteiger charge is -2.14. The summed E-state index contributed by atoms with van der Waals surface area (Å²) in [6.07, 6.45) is 0. The average Bonchev–Trinajstić information content (AvgIpc) is 2.87. The number of pyridine rings is 1. The van der Waals surface area contributed by atoms with Gasteiger partial charge in [0.1, 0.15) is 12.2 Å². The molecule has 1 aromatic heterocycles. The van der Waals surface area contributed by atoms with Gasteiger partial charge in [-0.25, -0.2) is 18.9 Å². The van der Waals surface area contributed by atoms with Gasteiger partial charge in [0.05, 0.1) is 18.0 Å². The zero-order chi connectivity index (χ0) is 26.8. The predicted octanol–water partition coefficient (Wildman–Crippen LogP) is 1.84. The first-order valence-electron chi connectivity index (χ1n) is 11.4. The summed E-state index contributed by atoms with van der Waals surface area (Å²) in [5.41, 5.74) is 9.71. The molecule has 0 aliphatic heterocycles. The first-order chi connectivity index (χ1) is 17.7. The van der Waals surface area contributed by atoms with E-state index < -0.39 is 21.5 Å². The molecule has 0 fully saturated rings. The van der Waals surface area contributed by atoms with Crippen LogP contribution in [0.5, 0.6) is 0 Å². The highest BCUT2D eigenvalue weighted by atomic mass is 35.5. The number of aryl methyl sites for hydroxylation is 2. The summed E-state index contributed by atoms with van der Waals surface area (Å²) >= 11 is 0. The number of sulfonamides is 1. The monoisotopic (exact) mass is 562 g/mol. The van der Waals surface area contributed by atoms with E-state index in [2.05, 4.69) is 20.5 Å². The van der Waals surface area contributed by atoms with E-state index in [4.69, 9.17) is 10.6 Å². The van der Waals surface area contributed by atoms with Gasteiger partial charge in [-0.3, -0.25) is 19.1 Å². The number of anilines is 1. The SMILES string of the molecule is Cc1cccc(S(=O)(=O)Nc2ccc(C)n(CC(=O)NCCONC(N)=NCc3ccccc3)c2=O)c1.Cl. The Hall–Kier alpha value is -3.87. The Morgan fingerprint density at radius 1 is 1.05 bits per heavy atom. The smallest absolute Gasteiger partial charge is 0.275 e. The maximum atomic E-state index is 12.9. The maximum absolute atomic E-state index is 12.9. The molecule has 5 N–H and O–H groups in total. The minimum absolute atomic E-state index is 0. The molecule has 0 aliphatic rings. The molecular formula is C25H31ClN6O5S. The molecule has 0 atom stereocenters. The van der Waals surface area contributed by atoms with Crippen LogP contribution >= 0.6 is 12.4 Å². The summed E-state index contributed by atoms with van der Waals surface area (Å²) in [7, 11) is -3.97. The highest BCUT2D eigenvalue weighted by molar-refractivity contribution is 7.92. The van der Waals surface area contributed by atoms with Crippen LogP contribution in [0.25, 0.3) is 0 Å². The molecule has 3 rings (SSSR count). The number of nitrogens with zero attached hydrogens (tertiary/aromatic N) is 2. The van der Waals surface area contributed by atoms with E-state index in [1.165, 1.54) is 22.8 Å². The van der Waals surface area contributed by atoms with Gasteiger partial charge in [0.2, 0.25) is 11.9 Å². The second kappa shape index (κ2) is 14.2.